The van der Waals surface area contributed by atoms with Crippen LogP contribution in [0.2, 0.25) is 0 Å². The van der Waals surface area contributed by atoms with E-state index in [1.165, 1.54) is 0 Å². The summed E-state index contributed by atoms with van der Waals surface area (Å²) in [6.45, 7) is 3.71. The zero-order chi connectivity index (χ0) is 15.2. The molecule has 0 aliphatic heterocycles. The Labute approximate surface area is 120 Å². The largest absolute Gasteiger partial charge is 0.481 e. The van der Waals surface area contributed by atoms with Gasteiger partial charge in [-0.1, -0.05) is 39.5 Å². The molecule has 1 fully saturated rings. The number of carbonyl (C=O) groups is 2. The second-order valence-electron chi connectivity index (χ2n) is 6.28. The van der Waals surface area contributed by atoms with Crippen LogP contribution >= 0.6 is 0 Å². The highest BCUT2D eigenvalue weighted by Gasteiger charge is 2.40. The van der Waals surface area contributed by atoms with Gasteiger partial charge in [-0.3, -0.25) is 9.59 Å². The molecule has 20 heavy (non-hydrogen) atoms. The van der Waals surface area contributed by atoms with E-state index in [0.717, 1.165) is 25.7 Å². The fraction of sp³-hybridized carbons (Fsp3) is 0.867. The van der Waals surface area contributed by atoms with Crippen LogP contribution in [0, 0.1) is 11.3 Å². The molecule has 0 radical (unpaired) electrons. The van der Waals surface area contributed by atoms with E-state index in [1.807, 2.05) is 13.8 Å². The van der Waals surface area contributed by atoms with Crippen LogP contribution in [-0.4, -0.2) is 34.7 Å². The number of hydrogen-bond donors (Lipinski definition) is 3. The molecule has 0 aromatic rings. The minimum atomic E-state index is -0.919. The molecule has 0 unspecified atom stereocenters. The van der Waals surface area contributed by atoms with Crippen LogP contribution < -0.4 is 5.32 Å². The van der Waals surface area contributed by atoms with Gasteiger partial charge in [-0.05, 0) is 18.8 Å². The Hall–Kier alpha value is -1.10. The lowest BCUT2D eigenvalue weighted by Crippen LogP contribution is -2.44. The van der Waals surface area contributed by atoms with Gasteiger partial charge in [0.1, 0.15) is 0 Å². The van der Waals surface area contributed by atoms with Gasteiger partial charge in [0.2, 0.25) is 5.91 Å². The van der Waals surface area contributed by atoms with E-state index in [-0.39, 0.29) is 30.9 Å². The number of carbonyl (C=O) groups excluding carboxylic acids is 1. The lowest BCUT2D eigenvalue weighted by molar-refractivity contribution is -0.153. The smallest absolute Gasteiger partial charge is 0.310 e. The van der Waals surface area contributed by atoms with Crippen molar-refractivity contribution in [3.8, 4) is 0 Å². The minimum absolute atomic E-state index is 0.0194. The summed E-state index contributed by atoms with van der Waals surface area (Å²) in [7, 11) is 0. The first kappa shape index (κ1) is 17.0. The number of aliphatic hydroxyl groups excluding tert-OH is 1. The van der Waals surface area contributed by atoms with Crippen LogP contribution in [0.25, 0.3) is 0 Å². The molecule has 0 heterocycles. The molecule has 1 atom stereocenters. The fourth-order valence-corrected chi connectivity index (χ4v) is 2.86. The molecule has 3 N–H and O–H groups in total. The molecule has 0 bridgehead atoms. The third-order valence-electron chi connectivity index (χ3n) is 4.36. The Morgan fingerprint density at radius 3 is 2.10 bits per heavy atom. The van der Waals surface area contributed by atoms with Gasteiger partial charge < -0.3 is 15.5 Å². The Kier molecular flexibility index (Phi) is 6.46. The van der Waals surface area contributed by atoms with Crippen molar-refractivity contribution < 1.29 is 19.8 Å². The first-order valence-electron chi connectivity index (χ1n) is 7.55. The van der Waals surface area contributed by atoms with Crippen LogP contribution in [0.3, 0.4) is 0 Å². The summed E-state index contributed by atoms with van der Waals surface area (Å²) in [5, 5.41) is 21.5. The molecule has 0 spiro atoms. The van der Waals surface area contributed by atoms with Gasteiger partial charge in [-0.25, -0.2) is 0 Å². The van der Waals surface area contributed by atoms with Gasteiger partial charge in [-0.2, -0.15) is 0 Å². The lowest BCUT2D eigenvalue weighted by atomic mass is 9.77. The van der Waals surface area contributed by atoms with Crippen molar-refractivity contribution >= 4 is 11.9 Å². The maximum absolute atomic E-state index is 12.1. The Morgan fingerprint density at radius 1 is 1.15 bits per heavy atom. The quantitative estimate of drug-likeness (QED) is 0.651. The van der Waals surface area contributed by atoms with E-state index in [1.54, 1.807) is 0 Å². The highest BCUT2D eigenvalue weighted by atomic mass is 16.4. The number of nitrogens with one attached hydrogen (secondary N) is 1. The van der Waals surface area contributed by atoms with Gasteiger partial charge >= 0.3 is 5.97 Å². The van der Waals surface area contributed by atoms with E-state index in [9.17, 15) is 19.8 Å². The van der Waals surface area contributed by atoms with Crippen LogP contribution in [-0.2, 0) is 9.59 Å². The van der Waals surface area contributed by atoms with Gasteiger partial charge in [0.15, 0.2) is 0 Å². The maximum atomic E-state index is 12.1. The summed E-state index contributed by atoms with van der Waals surface area (Å²) in [6.07, 6.45) is 4.98. The van der Waals surface area contributed by atoms with Crippen LogP contribution in [0.4, 0.5) is 0 Å². The van der Waals surface area contributed by atoms with Crippen molar-refractivity contribution in [1.82, 2.24) is 5.32 Å². The predicted octanol–water partition coefficient (Wildman–Crippen LogP) is 1.93. The lowest BCUT2D eigenvalue weighted by Gasteiger charge is -2.29. The Morgan fingerprint density at radius 2 is 1.70 bits per heavy atom. The maximum Gasteiger partial charge on any atom is 0.310 e. The monoisotopic (exact) mass is 285 g/mol. The molecule has 116 valence electrons. The highest BCUT2D eigenvalue weighted by Crippen LogP contribution is 2.38. The minimum Gasteiger partial charge on any atom is -0.481 e. The number of amides is 1. The van der Waals surface area contributed by atoms with Crippen LogP contribution in [0.5, 0.6) is 0 Å². The molecule has 0 aromatic heterocycles. The third-order valence-corrected chi connectivity index (χ3v) is 4.36. The second-order valence-corrected chi connectivity index (χ2v) is 6.28. The Bertz CT molecular complexity index is 333. The summed E-state index contributed by atoms with van der Waals surface area (Å²) in [5.41, 5.74) is -0.919. The zero-order valence-electron chi connectivity index (χ0n) is 12.5. The molecule has 1 rings (SSSR count). The summed E-state index contributed by atoms with van der Waals surface area (Å²) in [4.78, 5) is 23.7. The summed E-state index contributed by atoms with van der Waals surface area (Å²) in [5.74, 6) is -0.999. The fourth-order valence-electron chi connectivity index (χ4n) is 2.86. The summed E-state index contributed by atoms with van der Waals surface area (Å²) < 4.78 is 0. The van der Waals surface area contributed by atoms with Crippen LogP contribution in [0.1, 0.15) is 58.8 Å². The number of aliphatic hydroxyl groups is 1. The first-order valence-corrected chi connectivity index (χ1v) is 7.55. The normalized spacial score (nSPS) is 20.2. The highest BCUT2D eigenvalue weighted by molar-refractivity contribution is 5.85. The van der Waals surface area contributed by atoms with Crippen LogP contribution in [0.15, 0.2) is 0 Å². The summed E-state index contributed by atoms with van der Waals surface area (Å²) in [6, 6.07) is -0.306. The predicted molar refractivity (Wildman–Crippen MR) is 76.2 cm³/mol. The van der Waals surface area contributed by atoms with Crippen molar-refractivity contribution in [2.45, 2.75) is 64.8 Å². The number of carboxylic acid groups (broad SMARTS) is 1. The standard InChI is InChI=1S/C15H27NO4/c1-11(2)12(10-17)16-13(18)9-15(14(19)20)7-5-3-4-6-8-15/h11-12,17H,3-10H2,1-2H3,(H,16,18)(H,19,20)/t12-/m1/s1. The van der Waals surface area contributed by atoms with Gasteiger partial charge in [0.25, 0.3) is 0 Å². The van der Waals surface area contributed by atoms with Crippen molar-refractivity contribution in [3.05, 3.63) is 0 Å². The van der Waals surface area contributed by atoms with Gasteiger partial charge in [0, 0.05) is 6.42 Å². The first-order chi connectivity index (χ1) is 9.41. The molecule has 5 nitrogen and oxygen atoms in total. The third kappa shape index (κ3) is 4.47. The summed E-state index contributed by atoms with van der Waals surface area (Å²) >= 11 is 0. The molecule has 0 aromatic carbocycles. The van der Waals surface area contributed by atoms with E-state index >= 15 is 0 Å². The number of rotatable bonds is 6. The average molecular weight is 285 g/mol. The molecule has 1 aliphatic carbocycles. The van der Waals surface area contributed by atoms with Gasteiger partial charge in [0.05, 0.1) is 18.1 Å². The molecule has 1 aliphatic rings. The van der Waals surface area contributed by atoms with E-state index in [4.69, 9.17) is 0 Å². The molecule has 1 amide bonds. The van der Waals surface area contributed by atoms with E-state index < -0.39 is 11.4 Å². The number of aliphatic carboxylic acids is 1. The molecule has 5 heteroatoms. The van der Waals surface area contributed by atoms with Crippen molar-refractivity contribution in [2.75, 3.05) is 6.61 Å². The zero-order valence-corrected chi connectivity index (χ0v) is 12.5. The molecule has 1 saturated carbocycles. The average Bonchev–Trinajstić information content (AvgIpc) is 2.62. The topological polar surface area (TPSA) is 86.6 Å². The van der Waals surface area contributed by atoms with E-state index in [2.05, 4.69) is 5.32 Å². The van der Waals surface area contributed by atoms with E-state index in [0.29, 0.717) is 12.8 Å². The van der Waals surface area contributed by atoms with Crippen molar-refractivity contribution in [1.29, 1.82) is 0 Å². The SMILES string of the molecule is CC(C)[C@@H](CO)NC(=O)CC1(C(=O)O)CCCCCC1. The molecular formula is C15H27NO4. The number of hydrogen-bond acceptors (Lipinski definition) is 3. The van der Waals surface area contributed by atoms with Crippen molar-refractivity contribution in [3.63, 3.8) is 0 Å². The van der Waals surface area contributed by atoms with Gasteiger partial charge in [-0.15, -0.1) is 0 Å². The molecular weight excluding hydrogens is 258 g/mol. The second kappa shape index (κ2) is 7.62. The van der Waals surface area contributed by atoms with Crippen molar-refractivity contribution in [2.24, 2.45) is 11.3 Å². The Balaban J connectivity index is 2.70. The molecule has 0 saturated heterocycles. The number of carboxylic acids is 1.